The summed E-state index contributed by atoms with van der Waals surface area (Å²) >= 11 is 0. The summed E-state index contributed by atoms with van der Waals surface area (Å²) in [6, 6.07) is 10.9. The normalized spacial score (nSPS) is 15.6. The van der Waals surface area contributed by atoms with Crippen LogP contribution in [-0.4, -0.2) is 48.9 Å². The van der Waals surface area contributed by atoms with Gasteiger partial charge in [0.05, 0.1) is 5.56 Å². The van der Waals surface area contributed by atoms with Crippen molar-refractivity contribution in [2.75, 3.05) is 27.2 Å². The van der Waals surface area contributed by atoms with Gasteiger partial charge in [0, 0.05) is 19.1 Å². The van der Waals surface area contributed by atoms with E-state index in [0.29, 0.717) is 30.3 Å². The van der Waals surface area contributed by atoms with Gasteiger partial charge in [-0.25, -0.2) is 8.78 Å². The molecule has 1 aliphatic rings. The number of hydrogen-bond donors (Lipinski definition) is 0. The largest absolute Gasteiger partial charge is 0.338 e. The van der Waals surface area contributed by atoms with E-state index in [9.17, 15) is 13.6 Å². The molecule has 2 aromatic rings. The minimum atomic E-state index is -0.540. The molecule has 2 aromatic carbocycles. The molecule has 5 heteroatoms. The first kappa shape index (κ1) is 17.5. The van der Waals surface area contributed by atoms with Gasteiger partial charge in [-0.05, 0) is 62.3 Å². The lowest BCUT2D eigenvalue weighted by molar-refractivity contribution is 0.0659. The predicted molar refractivity (Wildman–Crippen MR) is 94.4 cm³/mol. The molecule has 1 fully saturated rings. The molecule has 1 amide bonds. The fourth-order valence-electron chi connectivity index (χ4n) is 3.27. The van der Waals surface area contributed by atoms with Crippen molar-refractivity contribution in [3.8, 4) is 11.1 Å². The maximum absolute atomic E-state index is 14.5. The SMILES string of the molecule is CN(C)C1CCN(C(=O)c2ccc(-c3ccc(F)cc3)cc2F)CC1. The van der Waals surface area contributed by atoms with Crippen molar-refractivity contribution in [1.82, 2.24) is 9.80 Å². The van der Waals surface area contributed by atoms with Crippen LogP contribution in [0.5, 0.6) is 0 Å². The van der Waals surface area contributed by atoms with Gasteiger partial charge >= 0.3 is 0 Å². The molecule has 0 saturated carbocycles. The molecular formula is C20H22F2N2O. The number of likely N-dealkylation sites (tertiary alicyclic amines) is 1. The molecule has 0 aliphatic carbocycles. The summed E-state index contributed by atoms with van der Waals surface area (Å²) in [4.78, 5) is 16.5. The molecule has 3 nitrogen and oxygen atoms in total. The average Bonchev–Trinajstić information content (AvgIpc) is 2.62. The van der Waals surface area contributed by atoms with Crippen molar-refractivity contribution >= 4 is 5.91 Å². The first-order valence-electron chi connectivity index (χ1n) is 8.47. The zero-order valence-corrected chi connectivity index (χ0v) is 14.5. The summed E-state index contributed by atoms with van der Waals surface area (Å²) in [6.45, 7) is 1.28. The Morgan fingerprint density at radius 1 is 1.00 bits per heavy atom. The Bertz CT molecular complexity index is 751. The number of rotatable bonds is 3. The standard InChI is InChI=1S/C20H22F2N2O/c1-23(2)17-9-11-24(12-10-17)20(25)18-8-5-15(13-19(18)22)14-3-6-16(21)7-4-14/h3-8,13,17H,9-12H2,1-2H3. The Morgan fingerprint density at radius 3 is 2.16 bits per heavy atom. The highest BCUT2D eigenvalue weighted by molar-refractivity contribution is 5.95. The summed E-state index contributed by atoms with van der Waals surface area (Å²) in [7, 11) is 4.08. The molecule has 25 heavy (non-hydrogen) atoms. The molecule has 0 spiro atoms. The van der Waals surface area contributed by atoms with Crippen LogP contribution < -0.4 is 0 Å². The zero-order chi connectivity index (χ0) is 18.0. The predicted octanol–water partition coefficient (Wildman–Crippen LogP) is 3.80. The number of hydrogen-bond acceptors (Lipinski definition) is 2. The first-order valence-corrected chi connectivity index (χ1v) is 8.47. The van der Waals surface area contributed by atoms with Gasteiger partial charge in [-0.2, -0.15) is 0 Å². The fourth-order valence-corrected chi connectivity index (χ4v) is 3.27. The maximum Gasteiger partial charge on any atom is 0.256 e. The van der Waals surface area contributed by atoms with Gasteiger partial charge in [0.25, 0.3) is 5.91 Å². The van der Waals surface area contributed by atoms with Gasteiger partial charge in [-0.3, -0.25) is 4.79 Å². The number of nitrogens with zero attached hydrogens (tertiary/aromatic N) is 2. The first-order chi connectivity index (χ1) is 12.0. The molecule has 0 atom stereocenters. The van der Waals surface area contributed by atoms with E-state index >= 15 is 0 Å². The van der Waals surface area contributed by atoms with Gasteiger partial charge in [0.1, 0.15) is 11.6 Å². The Hall–Kier alpha value is -2.27. The number of piperidine rings is 1. The van der Waals surface area contributed by atoms with E-state index in [1.807, 2.05) is 14.1 Å². The van der Waals surface area contributed by atoms with Crippen LogP contribution in [0.25, 0.3) is 11.1 Å². The fraction of sp³-hybridized carbons (Fsp3) is 0.350. The van der Waals surface area contributed by atoms with Crippen molar-refractivity contribution in [2.45, 2.75) is 18.9 Å². The third-order valence-electron chi connectivity index (χ3n) is 4.86. The molecule has 1 heterocycles. The molecule has 0 radical (unpaired) electrons. The summed E-state index contributed by atoms with van der Waals surface area (Å²) in [5, 5.41) is 0. The van der Waals surface area contributed by atoms with Crippen molar-refractivity contribution in [3.05, 3.63) is 59.7 Å². The van der Waals surface area contributed by atoms with E-state index in [4.69, 9.17) is 0 Å². The maximum atomic E-state index is 14.5. The average molecular weight is 344 g/mol. The van der Waals surface area contributed by atoms with Crippen LogP contribution in [0, 0.1) is 11.6 Å². The highest BCUT2D eigenvalue weighted by Gasteiger charge is 2.26. The van der Waals surface area contributed by atoms with Gasteiger partial charge in [-0.1, -0.05) is 18.2 Å². The van der Waals surface area contributed by atoms with Crippen LogP contribution in [-0.2, 0) is 0 Å². The smallest absolute Gasteiger partial charge is 0.256 e. The van der Waals surface area contributed by atoms with Crippen LogP contribution in [0.4, 0.5) is 8.78 Å². The Kier molecular flexibility index (Phi) is 5.13. The highest BCUT2D eigenvalue weighted by atomic mass is 19.1. The molecule has 0 unspecified atom stereocenters. The number of carbonyl (C=O) groups is 1. The minimum Gasteiger partial charge on any atom is -0.338 e. The Balaban J connectivity index is 1.75. The van der Waals surface area contributed by atoms with Crippen LogP contribution in [0.3, 0.4) is 0 Å². The van der Waals surface area contributed by atoms with E-state index in [-0.39, 0.29) is 17.3 Å². The zero-order valence-electron chi connectivity index (χ0n) is 14.5. The minimum absolute atomic E-state index is 0.0918. The van der Waals surface area contributed by atoms with Gasteiger partial charge in [-0.15, -0.1) is 0 Å². The van der Waals surface area contributed by atoms with Crippen LogP contribution in [0.1, 0.15) is 23.2 Å². The van der Waals surface area contributed by atoms with Gasteiger partial charge < -0.3 is 9.80 Å². The molecular weight excluding hydrogens is 322 g/mol. The Labute approximate surface area is 146 Å². The lowest BCUT2D eigenvalue weighted by atomic mass is 10.0. The monoisotopic (exact) mass is 344 g/mol. The summed E-state index contributed by atoms with van der Waals surface area (Å²) in [5.74, 6) is -1.14. The molecule has 1 aliphatic heterocycles. The second kappa shape index (κ2) is 7.31. The molecule has 132 valence electrons. The Morgan fingerprint density at radius 2 is 1.60 bits per heavy atom. The van der Waals surface area contributed by atoms with Gasteiger partial charge in [0.15, 0.2) is 0 Å². The van der Waals surface area contributed by atoms with Crippen LogP contribution in [0.2, 0.25) is 0 Å². The van der Waals surface area contributed by atoms with E-state index in [2.05, 4.69) is 4.90 Å². The second-order valence-electron chi connectivity index (χ2n) is 6.69. The van der Waals surface area contributed by atoms with E-state index in [0.717, 1.165) is 12.8 Å². The molecule has 1 saturated heterocycles. The quantitative estimate of drug-likeness (QED) is 0.846. The summed E-state index contributed by atoms with van der Waals surface area (Å²) in [6.07, 6.45) is 1.79. The number of amides is 1. The van der Waals surface area contributed by atoms with Gasteiger partial charge in [0.2, 0.25) is 0 Å². The third kappa shape index (κ3) is 3.87. The summed E-state index contributed by atoms with van der Waals surface area (Å²) < 4.78 is 27.5. The molecule has 3 rings (SSSR count). The highest BCUT2D eigenvalue weighted by Crippen LogP contribution is 2.24. The van der Waals surface area contributed by atoms with E-state index in [1.54, 1.807) is 23.1 Å². The second-order valence-corrected chi connectivity index (χ2v) is 6.69. The van der Waals surface area contributed by atoms with E-state index in [1.165, 1.54) is 24.3 Å². The number of halogens is 2. The van der Waals surface area contributed by atoms with E-state index < -0.39 is 5.82 Å². The topological polar surface area (TPSA) is 23.6 Å². The molecule has 0 N–H and O–H groups in total. The van der Waals surface area contributed by atoms with Crippen molar-refractivity contribution in [3.63, 3.8) is 0 Å². The number of carbonyl (C=O) groups excluding carboxylic acids is 1. The van der Waals surface area contributed by atoms with Crippen LogP contribution in [0.15, 0.2) is 42.5 Å². The van der Waals surface area contributed by atoms with Crippen molar-refractivity contribution < 1.29 is 13.6 Å². The van der Waals surface area contributed by atoms with Crippen molar-refractivity contribution in [1.29, 1.82) is 0 Å². The third-order valence-corrected chi connectivity index (χ3v) is 4.86. The number of benzene rings is 2. The lowest BCUT2D eigenvalue weighted by Crippen LogP contribution is -2.44. The van der Waals surface area contributed by atoms with Crippen LogP contribution >= 0.6 is 0 Å². The summed E-state index contributed by atoms with van der Waals surface area (Å²) in [5.41, 5.74) is 1.43. The van der Waals surface area contributed by atoms with Crippen molar-refractivity contribution in [2.24, 2.45) is 0 Å². The molecule has 0 bridgehead atoms. The molecule has 0 aromatic heterocycles. The lowest BCUT2D eigenvalue weighted by Gasteiger charge is -2.35.